The summed E-state index contributed by atoms with van der Waals surface area (Å²) in [5.74, 6) is 1.67. The average Bonchev–Trinajstić information content (AvgIpc) is 3.20. The number of guanidine groups is 1. The van der Waals surface area contributed by atoms with Crippen LogP contribution in [0, 0.1) is 11.3 Å². The second-order valence-electron chi connectivity index (χ2n) is 8.66. The summed E-state index contributed by atoms with van der Waals surface area (Å²) in [5, 5.41) is 7.01. The third kappa shape index (κ3) is 4.90. The first kappa shape index (κ1) is 21.0. The molecule has 0 spiro atoms. The summed E-state index contributed by atoms with van der Waals surface area (Å²) in [5.41, 5.74) is -0.308. The standard InChI is InChI=1S/C20H39N5O/c1-7-21-19(23-17-13-25(15(2)3)12-16(17)4)22-14-20(10-8-9-11-20)18(26)24(5)6/h15-17H,7-14H2,1-6H3,(H2,21,22,23). The van der Waals surface area contributed by atoms with Crippen molar-refractivity contribution in [3.63, 3.8) is 0 Å². The summed E-state index contributed by atoms with van der Waals surface area (Å²) in [6.45, 7) is 12.5. The van der Waals surface area contributed by atoms with Crippen molar-refractivity contribution >= 4 is 11.9 Å². The lowest BCUT2D eigenvalue weighted by Gasteiger charge is -2.29. The van der Waals surface area contributed by atoms with E-state index in [1.165, 1.54) is 0 Å². The molecule has 6 heteroatoms. The number of hydrogen-bond acceptors (Lipinski definition) is 3. The summed E-state index contributed by atoms with van der Waals surface area (Å²) in [6.07, 6.45) is 4.16. The van der Waals surface area contributed by atoms with Gasteiger partial charge < -0.3 is 15.5 Å². The minimum Gasteiger partial charge on any atom is -0.357 e. The predicted octanol–water partition coefficient (Wildman–Crippen LogP) is 1.92. The first-order valence-corrected chi connectivity index (χ1v) is 10.3. The van der Waals surface area contributed by atoms with Crippen LogP contribution in [-0.4, -0.2) is 74.0 Å². The highest BCUT2D eigenvalue weighted by Crippen LogP contribution is 2.39. The number of likely N-dealkylation sites (tertiary alicyclic amines) is 1. The molecule has 0 bridgehead atoms. The Kier molecular flexibility index (Phi) is 7.33. The van der Waals surface area contributed by atoms with E-state index in [0.29, 0.717) is 24.5 Å². The third-order valence-corrected chi connectivity index (χ3v) is 6.00. The van der Waals surface area contributed by atoms with E-state index in [1.54, 1.807) is 4.90 Å². The molecule has 0 aromatic rings. The average molecular weight is 366 g/mol. The van der Waals surface area contributed by atoms with Gasteiger partial charge in [0.05, 0.1) is 12.0 Å². The first-order valence-electron chi connectivity index (χ1n) is 10.3. The van der Waals surface area contributed by atoms with E-state index in [0.717, 1.165) is 51.3 Å². The van der Waals surface area contributed by atoms with Gasteiger partial charge in [-0.1, -0.05) is 19.8 Å². The molecule has 0 radical (unpaired) electrons. The molecule has 1 amide bonds. The SMILES string of the molecule is CCNC(=NCC1(C(=O)N(C)C)CCCC1)NC1CN(C(C)C)CC1C. The molecule has 1 saturated heterocycles. The van der Waals surface area contributed by atoms with E-state index in [9.17, 15) is 4.79 Å². The van der Waals surface area contributed by atoms with Gasteiger partial charge in [0.2, 0.25) is 5.91 Å². The lowest BCUT2D eigenvalue weighted by atomic mass is 9.85. The molecule has 1 heterocycles. The van der Waals surface area contributed by atoms with Crippen molar-refractivity contribution in [2.24, 2.45) is 16.3 Å². The number of carbonyl (C=O) groups is 1. The molecule has 2 rings (SSSR count). The number of carbonyl (C=O) groups excluding carboxylic acids is 1. The van der Waals surface area contributed by atoms with Crippen LogP contribution in [0.5, 0.6) is 0 Å². The van der Waals surface area contributed by atoms with Crippen molar-refractivity contribution in [2.75, 3.05) is 40.3 Å². The van der Waals surface area contributed by atoms with Crippen LogP contribution in [0.2, 0.25) is 0 Å². The number of nitrogens with zero attached hydrogens (tertiary/aromatic N) is 3. The normalized spacial score (nSPS) is 26.3. The Morgan fingerprint density at radius 2 is 1.92 bits per heavy atom. The molecule has 26 heavy (non-hydrogen) atoms. The summed E-state index contributed by atoms with van der Waals surface area (Å²) in [4.78, 5) is 21.9. The zero-order valence-corrected chi connectivity index (χ0v) is 17.6. The topological polar surface area (TPSA) is 60.0 Å². The van der Waals surface area contributed by atoms with E-state index in [4.69, 9.17) is 4.99 Å². The van der Waals surface area contributed by atoms with Crippen LogP contribution in [0.4, 0.5) is 0 Å². The lowest BCUT2D eigenvalue weighted by Crippen LogP contribution is -2.48. The maximum absolute atomic E-state index is 12.8. The monoisotopic (exact) mass is 365 g/mol. The molecule has 0 aromatic carbocycles. The molecule has 2 N–H and O–H groups in total. The van der Waals surface area contributed by atoms with Gasteiger partial charge in [-0.3, -0.25) is 14.7 Å². The molecule has 1 saturated carbocycles. The molecule has 6 nitrogen and oxygen atoms in total. The number of nitrogens with one attached hydrogen (secondary N) is 2. The van der Waals surface area contributed by atoms with Gasteiger partial charge >= 0.3 is 0 Å². The number of aliphatic imine (C=N–C) groups is 1. The smallest absolute Gasteiger partial charge is 0.230 e. The Morgan fingerprint density at radius 3 is 2.42 bits per heavy atom. The quantitative estimate of drug-likeness (QED) is 0.558. The van der Waals surface area contributed by atoms with Gasteiger partial charge in [0.25, 0.3) is 0 Å². The molecule has 0 aromatic heterocycles. The zero-order valence-electron chi connectivity index (χ0n) is 17.6. The highest BCUT2D eigenvalue weighted by molar-refractivity contribution is 5.84. The van der Waals surface area contributed by atoms with Gasteiger partial charge in [-0.05, 0) is 39.5 Å². The number of hydrogen-bond donors (Lipinski definition) is 2. The van der Waals surface area contributed by atoms with Gasteiger partial charge in [0.1, 0.15) is 0 Å². The largest absolute Gasteiger partial charge is 0.357 e. The van der Waals surface area contributed by atoms with Gasteiger partial charge in [0.15, 0.2) is 5.96 Å². The van der Waals surface area contributed by atoms with Crippen molar-refractivity contribution < 1.29 is 4.79 Å². The van der Waals surface area contributed by atoms with Gasteiger partial charge in [0, 0.05) is 45.8 Å². The minimum atomic E-state index is -0.308. The van der Waals surface area contributed by atoms with E-state index in [1.807, 2.05) is 14.1 Å². The second-order valence-corrected chi connectivity index (χ2v) is 8.66. The molecule has 150 valence electrons. The van der Waals surface area contributed by atoms with Crippen LogP contribution in [0.1, 0.15) is 53.4 Å². The molecule has 1 aliphatic heterocycles. The molecule has 2 fully saturated rings. The van der Waals surface area contributed by atoms with Crippen LogP contribution >= 0.6 is 0 Å². The van der Waals surface area contributed by atoms with Crippen LogP contribution in [0.25, 0.3) is 0 Å². The molecule has 2 unspecified atom stereocenters. The Morgan fingerprint density at radius 1 is 1.27 bits per heavy atom. The molecular formula is C20H39N5O. The highest BCUT2D eigenvalue weighted by atomic mass is 16.2. The maximum Gasteiger partial charge on any atom is 0.230 e. The fourth-order valence-corrected chi connectivity index (χ4v) is 4.31. The van der Waals surface area contributed by atoms with E-state index >= 15 is 0 Å². The van der Waals surface area contributed by atoms with Crippen LogP contribution in [0.15, 0.2) is 4.99 Å². The van der Waals surface area contributed by atoms with Crippen LogP contribution in [0.3, 0.4) is 0 Å². The zero-order chi connectivity index (χ0) is 19.3. The van der Waals surface area contributed by atoms with Gasteiger partial charge in [-0.2, -0.15) is 0 Å². The number of amides is 1. The summed E-state index contributed by atoms with van der Waals surface area (Å²) in [7, 11) is 3.71. The van der Waals surface area contributed by atoms with E-state index < -0.39 is 0 Å². The Balaban J connectivity index is 2.07. The number of rotatable bonds is 6. The first-order chi connectivity index (χ1) is 12.3. The summed E-state index contributed by atoms with van der Waals surface area (Å²) < 4.78 is 0. The Hall–Kier alpha value is -1.30. The second kappa shape index (κ2) is 9.07. The van der Waals surface area contributed by atoms with E-state index in [2.05, 4.69) is 43.2 Å². The summed E-state index contributed by atoms with van der Waals surface area (Å²) >= 11 is 0. The molecule has 1 aliphatic carbocycles. The lowest BCUT2D eigenvalue weighted by molar-refractivity contribution is -0.138. The minimum absolute atomic E-state index is 0.231. The Labute approximate surface area is 159 Å². The van der Waals surface area contributed by atoms with Crippen molar-refractivity contribution in [2.45, 2.75) is 65.5 Å². The summed E-state index contributed by atoms with van der Waals surface area (Å²) in [6, 6.07) is 0.975. The third-order valence-electron chi connectivity index (χ3n) is 6.00. The molecular weight excluding hydrogens is 326 g/mol. The predicted molar refractivity (Wildman–Crippen MR) is 108 cm³/mol. The van der Waals surface area contributed by atoms with Crippen molar-refractivity contribution in [3.8, 4) is 0 Å². The fraction of sp³-hybridized carbons (Fsp3) is 0.900. The van der Waals surface area contributed by atoms with Crippen molar-refractivity contribution in [1.82, 2.24) is 20.4 Å². The van der Waals surface area contributed by atoms with Crippen LogP contribution in [-0.2, 0) is 4.79 Å². The van der Waals surface area contributed by atoms with Gasteiger partial charge in [-0.15, -0.1) is 0 Å². The van der Waals surface area contributed by atoms with Crippen molar-refractivity contribution in [3.05, 3.63) is 0 Å². The highest BCUT2D eigenvalue weighted by Gasteiger charge is 2.42. The van der Waals surface area contributed by atoms with E-state index in [-0.39, 0.29) is 11.3 Å². The van der Waals surface area contributed by atoms with Gasteiger partial charge in [-0.25, -0.2) is 0 Å². The molecule has 2 aliphatic rings. The molecule has 2 atom stereocenters. The Bertz CT molecular complexity index is 496. The van der Waals surface area contributed by atoms with Crippen molar-refractivity contribution in [1.29, 1.82) is 0 Å². The van der Waals surface area contributed by atoms with Crippen LogP contribution < -0.4 is 10.6 Å². The maximum atomic E-state index is 12.8. The fourth-order valence-electron chi connectivity index (χ4n) is 4.31.